The predicted octanol–water partition coefficient (Wildman–Crippen LogP) is 4.13. The minimum absolute atomic E-state index is 0.00591. The molecule has 1 amide bonds. The molecule has 0 aliphatic carbocycles. The summed E-state index contributed by atoms with van der Waals surface area (Å²) in [4.78, 5) is 38.0. The third-order valence-corrected chi connectivity index (χ3v) is 6.04. The predicted molar refractivity (Wildman–Crippen MR) is 120 cm³/mol. The third kappa shape index (κ3) is 3.61. The number of nitro groups is 1. The summed E-state index contributed by atoms with van der Waals surface area (Å²) in [5, 5.41) is 22.3. The molecule has 1 saturated heterocycles. The first-order chi connectivity index (χ1) is 16.3. The number of ether oxygens (including phenoxy) is 1. The van der Waals surface area contributed by atoms with Crippen molar-refractivity contribution >= 4 is 23.1 Å². The highest BCUT2D eigenvalue weighted by molar-refractivity contribution is 6.46. The number of Topliss-reactive ketones (excluding diaryl/α,β-unsaturated/α-hetero) is 1. The summed E-state index contributed by atoms with van der Waals surface area (Å²) >= 11 is 0. The molecule has 1 N–H and O–H groups in total. The summed E-state index contributed by atoms with van der Waals surface area (Å²) in [5.41, 5.74) is 1.53. The molecule has 2 aromatic carbocycles. The monoisotopic (exact) mass is 460 g/mol. The van der Waals surface area contributed by atoms with Crippen LogP contribution in [0.5, 0.6) is 5.75 Å². The van der Waals surface area contributed by atoms with Gasteiger partial charge in [-0.05, 0) is 60.5 Å². The molecule has 3 heterocycles. The van der Waals surface area contributed by atoms with Crippen molar-refractivity contribution in [2.24, 2.45) is 0 Å². The smallest absolute Gasteiger partial charge is 0.296 e. The summed E-state index contributed by atoms with van der Waals surface area (Å²) in [7, 11) is 0. The molecule has 9 heteroatoms. The maximum absolute atomic E-state index is 13.1. The molecule has 3 aromatic rings. The van der Waals surface area contributed by atoms with Crippen molar-refractivity contribution in [3.8, 4) is 5.75 Å². The summed E-state index contributed by atoms with van der Waals surface area (Å²) in [6, 6.07) is 13.1. The molecule has 2 aliphatic rings. The average Bonchev–Trinajstić information content (AvgIpc) is 3.53. The second-order valence-corrected chi connectivity index (χ2v) is 8.31. The van der Waals surface area contributed by atoms with E-state index in [1.165, 1.54) is 35.4 Å². The highest BCUT2D eigenvalue weighted by Crippen LogP contribution is 2.41. The third-order valence-electron chi connectivity index (χ3n) is 6.04. The Morgan fingerprint density at radius 3 is 2.62 bits per heavy atom. The van der Waals surface area contributed by atoms with Crippen molar-refractivity contribution in [3.63, 3.8) is 0 Å². The van der Waals surface area contributed by atoms with E-state index in [9.17, 15) is 24.8 Å². The minimum atomic E-state index is -0.950. The van der Waals surface area contributed by atoms with Crippen molar-refractivity contribution in [1.29, 1.82) is 0 Å². The molecule has 1 fully saturated rings. The van der Waals surface area contributed by atoms with Gasteiger partial charge in [0.05, 0.1) is 29.3 Å². The first kappa shape index (κ1) is 21.4. The van der Waals surface area contributed by atoms with Crippen LogP contribution < -0.4 is 4.74 Å². The second kappa shape index (κ2) is 8.18. The van der Waals surface area contributed by atoms with Gasteiger partial charge in [0.25, 0.3) is 17.4 Å². The SMILES string of the molecule is CC1Cc2cc(/C(O)=C3\C(=O)C(=O)N(Cc4ccco4)C3c3ccc([N+](=O)[O-])cc3)ccc2O1. The van der Waals surface area contributed by atoms with Crippen LogP contribution in [0.15, 0.2) is 70.9 Å². The van der Waals surface area contributed by atoms with E-state index in [-0.39, 0.29) is 29.7 Å². The highest BCUT2D eigenvalue weighted by atomic mass is 16.6. The van der Waals surface area contributed by atoms with E-state index < -0.39 is 22.7 Å². The first-order valence-electron chi connectivity index (χ1n) is 10.7. The van der Waals surface area contributed by atoms with Crippen LogP contribution in [0.4, 0.5) is 5.69 Å². The van der Waals surface area contributed by atoms with Gasteiger partial charge in [0.1, 0.15) is 23.4 Å². The van der Waals surface area contributed by atoms with Crippen LogP contribution >= 0.6 is 0 Å². The zero-order valence-corrected chi connectivity index (χ0v) is 18.1. The van der Waals surface area contributed by atoms with Crippen molar-refractivity contribution in [2.45, 2.75) is 32.0 Å². The molecular formula is C25H20N2O7. The van der Waals surface area contributed by atoms with Gasteiger partial charge in [0.15, 0.2) is 0 Å². The fraction of sp³-hybridized carbons (Fsp3) is 0.200. The Bertz CT molecular complexity index is 1330. The number of nitrogens with zero attached hydrogens (tertiary/aromatic N) is 2. The number of carbonyl (C=O) groups is 2. The number of aliphatic hydroxyl groups is 1. The number of aliphatic hydroxyl groups excluding tert-OH is 1. The molecular weight excluding hydrogens is 440 g/mol. The Kier molecular flexibility index (Phi) is 5.16. The molecule has 5 rings (SSSR count). The molecule has 2 atom stereocenters. The summed E-state index contributed by atoms with van der Waals surface area (Å²) in [6.07, 6.45) is 2.13. The molecule has 9 nitrogen and oxygen atoms in total. The fourth-order valence-corrected chi connectivity index (χ4v) is 4.46. The van der Waals surface area contributed by atoms with E-state index in [2.05, 4.69) is 0 Å². The number of furan rings is 1. The average molecular weight is 460 g/mol. The number of non-ortho nitro benzene ring substituents is 1. The highest BCUT2D eigenvalue weighted by Gasteiger charge is 2.46. The Morgan fingerprint density at radius 2 is 1.94 bits per heavy atom. The van der Waals surface area contributed by atoms with E-state index in [1.54, 1.807) is 30.3 Å². The lowest BCUT2D eigenvalue weighted by Crippen LogP contribution is -2.29. The van der Waals surface area contributed by atoms with E-state index >= 15 is 0 Å². The topological polar surface area (TPSA) is 123 Å². The Balaban J connectivity index is 1.63. The number of ketones is 1. The molecule has 172 valence electrons. The minimum Gasteiger partial charge on any atom is -0.507 e. The van der Waals surface area contributed by atoms with Crippen molar-refractivity contribution in [3.05, 3.63) is 99.0 Å². The van der Waals surface area contributed by atoms with Crippen LogP contribution in [-0.4, -0.2) is 32.7 Å². The van der Waals surface area contributed by atoms with Gasteiger partial charge in [0, 0.05) is 24.1 Å². The number of rotatable bonds is 5. The van der Waals surface area contributed by atoms with Crippen LogP contribution in [0, 0.1) is 10.1 Å². The van der Waals surface area contributed by atoms with Gasteiger partial charge in [-0.25, -0.2) is 0 Å². The second-order valence-electron chi connectivity index (χ2n) is 8.31. The standard InChI is InChI=1S/C25H20N2O7/c1-14-11-17-12-16(6-9-20(17)34-14)23(28)21-22(15-4-7-18(8-5-15)27(31)32)26(25(30)24(21)29)13-19-3-2-10-33-19/h2-10,12,14,22,28H,11,13H2,1H3/b23-21+. The number of hydrogen-bond donors (Lipinski definition) is 1. The molecule has 0 radical (unpaired) electrons. The normalized spacial score (nSPS) is 20.9. The molecule has 0 saturated carbocycles. The Morgan fingerprint density at radius 1 is 1.18 bits per heavy atom. The van der Waals surface area contributed by atoms with Crippen LogP contribution in [0.25, 0.3) is 5.76 Å². The zero-order valence-electron chi connectivity index (χ0n) is 18.1. The molecule has 0 bridgehead atoms. The van der Waals surface area contributed by atoms with Crippen molar-refractivity contribution < 1.29 is 28.8 Å². The van der Waals surface area contributed by atoms with Gasteiger partial charge < -0.3 is 19.2 Å². The number of fused-ring (bicyclic) bond motifs is 1. The quantitative estimate of drug-likeness (QED) is 0.200. The zero-order chi connectivity index (χ0) is 24.0. The number of amides is 1. The lowest BCUT2D eigenvalue weighted by molar-refractivity contribution is -0.384. The maximum Gasteiger partial charge on any atom is 0.296 e. The van der Waals surface area contributed by atoms with Gasteiger partial charge in [-0.3, -0.25) is 19.7 Å². The summed E-state index contributed by atoms with van der Waals surface area (Å²) < 4.78 is 11.1. The Hall–Kier alpha value is -4.40. The number of carbonyl (C=O) groups excluding carboxylic acids is 2. The Labute approximate surface area is 194 Å². The van der Waals surface area contributed by atoms with E-state index in [4.69, 9.17) is 9.15 Å². The van der Waals surface area contributed by atoms with Crippen LogP contribution in [0.1, 0.15) is 35.4 Å². The van der Waals surface area contributed by atoms with Gasteiger partial charge in [0.2, 0.25) is 0 Å². The first-order valence-corrected chi connectivity index (χ1v) is 10.7. The van der Waals surface area contributed by atoms with Gasteiger partial charge in [-0.15, -0.1) is 0 Å². The van der Waals surface area contributed by atoms with Gasteiger partial charge in [-0.2, -0.15) is 0 Å². The summed E-state index contributed by atoms with van der Waals surface area (Å²) in [6.45, 7) is 1.93. The van der Waals surface area contributed by atoms with Crippen molar-refractivity contribution in [2.75, 3.05) is 0 Å². The fourth-order valence-electron chi connectivity index (χ4n) is 4.46. The number of benzene rings is 2. The number of nitro benzene ring substituents is 1. The molecule has 2 unspecified atom stereocenters. The lowest BCUT2D eigenvalue weighted by atomic mass is 9.94. The number of likely N-dealkylation sites (tertiary alicyclic amines) is 1. The molecule has 34 heavy (non-hydrogen) atoms. The van der Waals surface area contributed by atoms with E-state index in [0.29, 0.717) is 29.1 Å². The largest absolute Gasteiger partial charge is 0.507 e. The van der Waals surface area contributed by atoms with E-state index in [0.717, 1.165) is 5.56 Å². The van der Waals surface area contributed by atoms with Crippen LogP contribution in [0.3, 0.4) is 0 Å². The van der Waals surface area contributed by atoms with Crippen LogP contribution in [0.2, 0.25) is 0 Å². The lowest BCUT2D eigenvalue weighted by Gasteiger charge is -2.24. The molecule has 0 spiro atoms. The van der Waals surface area contributed by atoms with Gasteiger partial charge >= 0.3 is 0 Å². The number of hydrogen-bond acceptors (Lipinski definition) is 7. The van der Waals surface area contributed by atoms with E-state index in [1.807, 2.05) is 6.92 Å². The maximum atomic E-state index is 13.1. The van der Waals surface area contributed by atoms with Gasteiger partial charge in [-0.1, -0.05) is 0 Å². The summed E-state index contributed by atoms with van der Waals surface area (Å²) in [5.74, 6) is -0.769. The van der Waals surface area contributed by atoms with Crippen LogP contribution in [-0.2, 0) is 22.6 Å². The molecule has 1 aromatic heterocycles. The molecule has 2 aliphatic heterocycles. The van der Waals surface area contributed by atoms with Crippen molar-refractivity contribution in [1.82, 2.24) is 4.90 Å².